The number of carbonyl (C=O) groups is 4. The quantitative estimate of drug-likeness (QED) is 0.0983. The van der Waals surface area contributed by atoms with Crippen molar-refractivity contribution < 1.29 is 47.6 Å². The summed E-state index contributed by atoms with van der Waals surface area (Å²) in [6.45, 7) is 7.60. The van der Waals surface area contributed by atoms with E-state index in [4.69, 9.17) is 28.4 Å². The number of hydrazone groups is 1. The normalized spacial score (nSPS) is 13.9. The molecule has 1 heterocycles. The number of ether oxygens (including phenoxy) is 6. The van der Waals surface area contributed by atoms with E-state index in [0.29, 0.717) is 51.6 Å². The fraction of sp³-hybridized carbons (Fsp3) is 0.306. The second kappa shape index (κ2) is 18.4. The number of carbonyl (C=O) groups excluding carboxylic acids is 4. The van der Waals surface area contributed by atoms with Crippen LogP contribution < -0.4 is 35.0 Å². The number of allylic oxidation sites excluding steroid dienone is 1. The van der Waals surface area contributed by atoms with Gasteiger partial charge in [-0.15, -0.1) is 0 Å². The molecular weight excluding hydrogens is 728 g/mol. The predicted octanol–water partition coefficient (Wildman–Crippen LogP) is 5.33. The molecular formula is C36H39BrN4O10. The average Bonchev–Trinajstić information content (AvgIpc) is 3.10. The van der Waals surface area contributed by atoms with Gasteiger partial charge in [0.2, 0.25) is 0 Å². The number of esters is 2. The summed E-state index contributed by atoms with van der Waals surface area (Å²) in [5.74, 6) is -0.00569. The maximum atomic E-state index is 12.7. The number of nitrogens with one attached hydrogen (secondary N) is 3. The topological polar surface area (TPSA) is 172 Å². The van der Waals surface area contributed by atoms with Crippen molar-refractivity contribution in [2.75, 3.05) is 33.5 Å². The minimum absolute atomic E-state index is 0.171. The first-order chi connectivity index (χ1) is 24.6. The molecule has 15 heteroatoms. The van der Waals surface area contributed by atoms with Gasteiger partial charge in [0.05, 0.1) is 54.8 Å². The summed E-state index contributed by atoms with van der Waals surface area (Å²) < 4.78 is 33.8. The zero-order valence-corrected chi connectivity index (χ0v) is 30.4. The average molecular weight is 768 g/mol. The number of urea groups is 1. The van der Waals surface area contributed by atoms with E-state index in [-0.39, 0.29) is 42.9 Å². The molecule has 0 spiro atoms. The number of benzene rings is 3. The minimum atomic E-state index is -0.793. The number of rotatable bonds is 16. The van der Waals surface area contributed by atoms with E-state index in [9.17, 15) is 19.2 Å². The summed E-state index contributed by atoms with van der Waals surface area (Å²) in [6.07, 6.45) is 1.45. The van der Waals surface area contributed by atoms with E-state index in [1.807, 2.05) is 6.92 Å². The molecule has 0 saturated carbocycles. The van der Waals surface area contributed by atoms with Crippen LogP contribution in [0, 0.1) is 0 Å². The third-order valence-electron chi connectivity index (χ3n) is 7.23. The lowest BCUT2D eigenvalue weighted by Crippen LogP contribution is -2.45. The molecule has 3 amide bonds. The summed E-state index contributed by atoms with van der Waals surface area (Å²) in [6, 6.07) is 14.0. The molecule has 0 unspecified atom stereocenters. The highest BCUT2D eigenvalue weighted by atomic mass is 79.9. The van der Waals surface area contributed by atoms with Crippen LogP contribution in [0.3, 0.4) is 0 Å². The molecule has 0 saturated heterocycles. The van der Waals surface area contributed by atoms with Crippen LogP contribution in [-0.4, -0.2) is 63.6 Å². The van der Waals surface area contributed by atoms with Gasteiger partial charge in [-0.2, -0.15) is 5.10 Å². The predicted molar refractivity (Wildman–Crippen MR) is 190 cm³/mol. The van der Waals surface area contributed by atoms with Gasteiger partial charge in [-0.1, -0.05) is 18.2 Å². The number of methoxy groups -OCH3 is 1. The summed E-state index contributed by atoms with van der Waals surface area (Å²) in [7, 11) is 1.43. The largest absolute Gasteiger partial charge is 0.493 e. The van der Waals surface area contributed by atoms with Crippen molar-refractivity contribution in [2.45, 2.75) is 40.3 Å². The second-order valence-electron chi connectivity index (χ2n) is 10.8. The molecule has 1 aliphatic rings. The lowest BCUT2D eigenvalue weighted by Gasteiger charge is -2.28. The Bertz CT molecular complexity index is 1810. The van der Waals surface area contributed by atoms with Crippen molar-refractivity contribution in [1.29, 1.82) is 0 Å². The number of amides is 3. The van der Waals surface area contributed by atoms with Crippen molar-refractivity contribution in [3.8, 4) is 23.0 Å². The Labute approximate surface area is 303 Å². The molecule has 0 radical (unpaired) electrons. The highest BCUT2D eigenvalue weighted by Crippen LogP contribution is 2.37. The number of hydrogen-bond donors (Lipinski definition) is 3. The van der Waals surface area contributed by atoms with Gasteiger partial charge in [-0.05, 0) is 96.7 Å². The van der Waals surface area contributed by atoms with Crippen molar-refractivity contribution >= 4 is 46.0 Å². The number of nitrogens with zero attached hydrogens (tertiary/aromatic N) is 1. The SMILES string of the molecule is CCOC(=O)C1=C(C)NC(=O)N[C@@H]1c1ccc(OCC(=O)N/N=C/c2cc(Br)c(OCc3ccc(C(=O)OCC)cc3)c(OCC)c2)c(OC)c1. The molecule has 0 aromatic heterocycles. The summed E-state index contributed by atoms with van der Waals surface area (Å²) in [4.78, 5) is 49.4. The van der Waals surface area contributed by atoms with Crippen LogP contribution in [-0.2, 0) is 25.7 Å². The van der Waals surface area contributed by atoms with Crippen LogP contribution in [0.25, 0.3) is 0 Å². The Morgan fingerprint density at radius 1 is 0.882 bits per heavy atom. The lowest BCUT2D eigenvalue weighted by molar-refractivity contribution is -0.139. The summed E-state index contributed by atoms with van der Waals surface area (Å²) in [5.41, 5.74) is 5.52. The van der Waals surface area contributed by atoms with Gasteiger partial charge in [0.25, 0.3) is 5.91 Å². The van der Waals surface area contributed by atoms with E-state index in [0.717, 1.165) is 5.56 Å². The molecule has 1 atom stereocenters. The molecule has 0 bridgehead atoms. The molecule has 1 aliphatic heterocycles. The van der Waals surface area contributed by atoms with Gasteiger partial charge in [0, 0.05) is 5.70 Å². The van der Waals surface area contributed by atoms with Gasteiger partial charge in [0.1, 0.15) is 6.61 Å². The van der Waals surface area contributed by atoms with E-state index >= 15 is 0 Å². The zero-order chi connectivity index (χ0) is 36.9. The Morgan fingerprint density at radius 2 is 1.61 bits per heavy atom. The second-order valence-corrected chi connectivity index (χ2v) is 11.6. The minimum Gasteiger partial charge on any atom is -0.493 e. The van der Waals surface area contributed by atoms with Crippen LogP contribution in [0.5, 0.6) is 23.0 Å². The van der Waals surface area contributed by atoms with Crippen molar-refractivity contribution in [3.63, 3.8) is 0 Å². The maximum absolute atomic E-state index is 12.7. The van der Waals surface area contributed by atoms with E-state index in [1.165, 1.54) is 13.3 Å². The smallest absolute Gasteiger partial charge is 0.338 e. The monoisotopic (exact) mass is 766 g/mol. The van der Waals surface area contributed by atoms with Gasteiger partial charge in [-0.25, -0.2) is 19.8 Å². The van der Waals surface area contributed by atoms with E-state index in [1.54, 1.807) is 75.4 Å². The van der Waals surface area contributed by atoms with Crippen LogP contribution in [0.4, 0.5) is 4.79 Å². The standard InChI is InChI=1S/C36H39BrN4O10/c1-6-47-29-16-23(15-26(37)33(29)51-19-22-9-11-24(12-10-22)34(43)48-7-2)18-38-41-30(42)20-50-27-14-13-25(17-28(27)46-5)32-31(35(44)49-8-3)21(4)39-36(45)40-32/h9-18,32H,6-8,19-20H2,1-5H3,(H,41,42)(H2,39,40,45)/b38-18+/t32-/m1/s1. The first kappa shape index (κ1) is 38.2. The van der Waals surface area contributed by atoms with Crippen LogP contribution in [0.2, 0.25) is 0 Å². The molecule has 3 aromatic carbocycles. The van der Waals surface area contributed by atoms with Crippen molar-refractivity contribution in [3.05, 3.63) is 92.6 Å². The van der Waals surface area contributed by atoms with Crippen LogP contribution >= 0.6 is 15.9 Å². The Morgan fingerprint density at radius 3 is 2.29 bits per heavy atom. The fourth-order valence-electron chi connectivity index (χ4n) is 4.93. The van der Waals surface area contributed by atoms with Crippen molar-refractivity contribution in [1.82, 2.24) is 16.1 Å². The number of halogens is 1. The molecule has 51 heavy (non-hydrogen) atoms. The highest BCUT2D eigenvalue weighted by Gasteiger charge is 2.32. The third kappa shape index (κ3) is 10.2. The Hall–Kier alpha value is -5.57. The number of hydrogen-bond acceptors (Lipinski definition) is 11. The molecule has 4 rings (SSSR count). The molecule has 0 fully saturated rings. The fourth-order valence-corrected chi connectivity index (χ4v) is 5.51. The zero-order valence-electron chi connectivity index (χ0n) is 28.8. The molecule has 0 aliphatic carbocycles. The van der Waals surface area contributed by atoms with Crippen molar-refractivity contribution in [2.24, 2.45) is 5.10 Å². The Balaban J connectivity index is 1.37. The Kier molecular flexibility index (Phi) is 13.8. The van der Waals surface area contributed by atoms with Crippen LogP contribution in [0.1, 0.15) is 60.8 Å². The first-order valence-corrected chi connectivity index (χ1v) is 16.8. The highest BCUT2D eigenvalue weighted by molar-refractivity contribution is 9.10. The molecule has 270 valence electrons. The molecule has 3 aromatic rings. The third-order valence-corrected chi connectivity index (χ3v) is 7.82. The first-order valence-electron chi connectivity index (χ1n) is 16.0. The molecule has 3 N–H and O–H groups in total. The van der Waals surface area contributed by atoms with E-state index in [2.05, 4.69) is 37.1 Å². The van der Waals surface area contributed by atoms with Gasteiger partial charge >= 0.3 is 18.0 Å². The van der Waals surface area contributed by atoms with Gasteiger partial charge in [0.15, 0.2) is 29.6 Å². The summed E-state index contributed by atoms with van der Waals surface area (Å²) >= 11 is 3.53. The van der Waals surface area contributed by atoms with Crippen LogP contribution in [0.15, 0.2) is 75.4 Å². The van der Waals surface area contributed by atoms with Gasteiger partial charge in [-0.3, -0.25) is 4.79 Å². The lowest BCUT2D eigenvalue weighted by atomic mass is 9.95. The molecule has 14 nitrogen and oxygen atoms in total. The van der Waals surface area contributed by atoms with E-state index < -0.39 is 23.9 Å². The summed E-state index contributed by atoms with van der Waals surface area (Å²) in [5, 5.41) is 9.36. The maximum Gasteiger partial charge on any atom is 0.338 e. The van der Waals surface area contributed by atoms with Gasteiger partial charge < -0.3 is 39.1 Å².